The number of nitrogens with one attached hydrogen (secondary N) is 1. The fourth-order valence-electron chi connectivity index (χ4n) is 5.14. The van der Waals surface area contributed by atoms with E-state index in [0.29, 0.717) is 16.9 Å². The molecule has 2 fully saturated rings. The monoisotopic (exact) mass is 446 g/mol. The molecule has 0 radical (unpaired) electrons. The molecular weight excluding hydrogens is 416 g/mol. The van der Waals surface area contributed by atoms with Crippen molar-refractivity contribution in [3.8, 4) is 0 Å². The van der Waals surface area contributed by atoms with Gasteiger partial charge in [-0.3, -0.25) is 19.3 Å². The molecule has 5 rings (SSSR count). The van der Waals surface area contributed by atoms with Crippen LogP contribution in [0.3, 0.4) is 0 Å². The lowest BCUT2D eigenvalue weighted by Crippen LogP contribution is -2.56. The maximum Gasteiger partial charge on any atom is 0.253 e. The zero-order chi connectivity index (χ0) is 22.9. The molecule has 0 aromatic heterocycles. The minimum absolute atomic E-state index is 0.00688. The molecule has 0 aliphatic carbocycles. The van der Waals surface area contributed by atoms with Crippen molar-refractivity contribution in [2.24, 2.45) is 0 Å². The van der Waals surface area contributed by atoms with Gasteiger partial charge in [0.05, 0.1) is 11.4 Å². The summed E-state index contributed by atoms with van der Waals surface area (Å²) in [6, 6.07) is 13.0. The van der Waals surface area contributed by atoms with Crippen LogP contribution in [0.4, 0.5) is 17.1 Å². The van der Waals surface area contributed by atoms with E-state index >= 15 is 0 Å². The average Bonchev–Trinajstić information content (AvgIpc) is 3.37. The largest absolute Gasteiger partial charge is 0.358 e. The highest BCUT2D eigenvalue weighted by molar-refractivity contribution is 6.11. The molecule has 7 nitrogen and oxygen atoms in total. The maximum atomic E-state index is 13.5. The van der Waals surface area contributed by atoms with Crippen molar-refractivity contribution in [2.75, 3.05) is 41.3 Å². The highest BCUT2D eigenvalue weighted by Crippen LogP contribution is 2.40. The first-order valence-electron chi connectivity index (χ1n) is 11.9. The normalized spacial score (nSPS) is 19.8. The van der Waals surface area contributed by atoms with E-state index in [1.54, 1.807) is 11.0 Å². The fourth-order valence-corrected chi connectivity index (χ4v) is 5.14. The molecule has 2 saturated heterocycles. The zero-order valence-corrected chi connectivity index (χ0v) is 19.0. The van der Waals surface area contributed by atoms with Crippen LogP contribution in [0.15, 0.2) is 42.5 Å². The molecule has 0 bridgehead atoms. The second-order valence-electron chi connectivity index (χ2n) is 9.25. The van der Waals surface area contributed by atoms with Gasteiger partial charge in [0.2, 0.25) is 11.8 Å². The number of rotatable bonds is 4. The van der Waals surface area contributed by atoms with Gasteiger partial charge in [0, 0.05) is 30.9 Å². The van der Waals surface area contributed by atoms with Gasteiger partial charge in [0.25, 0.3) is 5.91 Å². The lowest BCUT2D eigenvalue weighted by molar-refractivity contribution is -0.123. The summed E-state index contributed by atoms with van der Waals surface area (Å²) in [6.07, 6.45) is 4.86. The highest BCUT2D eigenvalue weighted by atomic mass is 16.2. The Morgan fingerprint density at radius 2 is 1.67 bits per heavy atom. The second-order valence-corrected chi connectivity index (χ2v) is 9.25. The molecular formula is C26H30N4O3. The Labute approximate surface area is 194 Å². The van der Waals surface area contributed by atoms with Gasteiger partial charge in [-0.25, -0.2) is 0 Å². The molecule has 0 spiro atoms. The van der Waals surface area contributed by atoms with Crippen molar-refractivity contribution in [3.63, 3.8) is 0 Å². The number of aryl methyl sites for hydroxylation is 1. The number of piperidine rings is 1. The predicted octanol–water partition coefficient (Wildman–Crippen LogP) is 3.58. The summed E-state index contributed by atoms with van der Waals surface area (Å²) < 4.78 is 0. The zero-order valence-electron chi connectivity index (χ0n) is 19.0. The summed E-state index contributed by atoms with van der Waals surface area (Å²) in [5.74, 6) is -0.321. The van der Waals surface area contributed by atoms with Crippen LogP contribution in [0.2, 0.25) is 0 Å². The molecule has 7 heteroatoms. The molecule has 33 heavy (non-hydrogen) atoms. The number of amides is 3. The van der Waals surface area contributed by atoms with Crippen LogP contribution in [-0.4, -0.2) is 54.8 Å². The Hall–Kier alpha value is -3.35. The van der Waals surface area contributed by atoms with E-state index in [1.165, 1.54) is 0 Å². The molecule has 172 valence electrons. The third-order valence-corrected chi connectivity index (χ3v) is 6.91. The summed E-state index contributed by atoms with van der Waals surface area (Å²) in [5, 5.41) is 2.90. The summed E-state index contributed by atoms with van der Waals surface area (Å²) in [4.78, 5) is 45.0. The van der Waals surface area contributed by atoms with Gasteiger partial charge in [-0.05, 0) is 69.4 Å². The van der Waals surface area contributed by atoms with Crippen molar-refractivity contribution < 1.29 is 14.4 Å². The van der Waals surface area contributed by atoms with Gasteiger partial charge in [-0.15, -0.1) is 0 Å². The number of likely N-dealkylation sites (tertiary alicyclic amines) is 1. The number of anilines is 3. The van der Waals surface area contributed by atoms with E-state index in [-0.39, 0.29) is 30.3 Å². The summed E-state index contributed by atoms with van der Waals surface area (Å²) in [6.45, 7) is 4.26. The summed E-state index contributed by atoms with van der Waals surface area (Å²) in [5.41, 5.74) is 3.97. The van der Waals surface area contributed by atoms with E-state index in [2.05, 4.69) is 10.2 Å². The Bertz CT molecular complexity index is 1080. The molecule has 3 heterocycles. The molecule has 1 atom stereocenters. The SMILES string of the molecule is Cc1ccc(NC(=O)CN2C(=O)C3CCCCN3c3ccc(C(=O)N4CCCC4)cc32)cc1. The van der Waals surface area contributed by atoms with Gasteiger partial charge in [-0.2, -0.15) is 0 Å². The van der Waals surface area contributed by atoms with Crippen molar-refractivity contribution in [1.29, 1.82) is 0 Å². The number of hydrogen-bond acceptors (Lipinski definition) is 4. The van der Waals surface area contributed by atoms with E-state index in [4.69, 9.17) is 0 Å². The van der Waals surface area contributed by atoms with Crippen molar-refractivity contribution >= 4 is 34.8 Å². The van der Waals surface area contributed by atoms with E-state index in [9.17, 15) is 14.4 Å². The van der Waals surface area contributed by atoms with Crippen LogP contribution in [0.5, 0.6) is 0 Å². The first-order chi connectivity index (χ1) is 16.0. The molecule has 3 aliphatic heterocycles. The van der Waals surface area contributed by atoms with Crippen LogP contribution in [-0.2, 0) is 9.59 Å². The number of benzene rings is 2. The van der Waals surface area contributed by atoms with Crippen molar-refractivity contribution in [3.05, 3.63) is 53.6 Å². The lowest BCUT2D eigenvalue weighted by Gasteiger charge is -2.45. The van der Waals surface area contributed by atoms with Gasteiger partial charge in [-0.1, -0.05) is 17.7 Å². The molecule has 3 amide bonds. The van der Waals surface area contributed by atoms with Crippen LogP contribution in [0, 0.1) is 6.92 Å². The maximum absolute atomic E-state index is 13.5. The first kappa shape index (κ1) is 21.5. The van der Waals surface area contributed by atoms with Crippen LogP contribution >= 0.6 is 0 Å². The number of nitrogens with zero attached hydrogens (tertiary/aromatic N) is 3. The molecule has 1 N–H and O–H groups in total. The molecule has 1 unspecified atom stereocenters. The Morgan fingerprint density at radius 1 is 0.939 bits per heavy atom. The minimum Gasteiger partial charge on any atom is -0.358 e. The Kier molecular flexibility index (Phi) is 5.79. The van der Waals surface area contributed by atoms with Crippen LogP contribution < -0.4 is 15.1 Å². The first-order valence-corrected chi connectivity index (χ1v) is 11.9. The number of carbonyl (C=O) groups is 3. The molecule has 3 aliphatic rings. The smallest absolute Gasteiger partial charge is 0.253 e. The van der Waals surface area contributed by atoms with Gasteiger partial charge < -0.3 is 15.1 Å². The summed E-state index contributed by atoms with van der Waals surface area (Å²) in [7, 11) is 0. The average molecular weight is 447 g/mol. The predicted molar refractivity (Wildman–Crippen MR) is 129 cm³/mol. The van der Waals surface area contributed by atoms with E-state index in [0.717, 1.165) is 63.0 Å². The van der Waals surface area contributed by atoms with Gasteiger partial charge in [0.15, 0.2) is 0 Å². The number of carbonyl (C=O) groups excluding carboxylic acids is 3. The van der Waals surface area contributed by atoms with Crippen molar-refractivity contribution in [2.45, 2.75) is 45.1 Å². The molecule has 2 aromatic carbocycles. The highest BCUT2D eigenvalue weighted by Gasteiger charge is 2.40. The van der Waals surface area contributed by atoms with Crippen LogP contribution in [0.1, 0.15) is 48.0 Å². The lowest BCUT2D eigenvalue weighted by atomic mass is 9.95. The molecule has 2 aromatic rings. The third-order valence-electron chi connectivity index (χ3n) is 6.91. The number of hydrogen-bond donors (Lipinski definition) is 1. The number of fused-ring (bicyclic) bond motifs is 3. The van der Waals surface area contributed by atoms with Gasteiger partial charge >= 0.3 is 0 Å². The Balaban J connectivity index is 1.45. The topological polar surface area (TPSA) is 73.0 Å². The second kappa shape index (κ2) is 8.89. The van der Waals surface area contributed by atoms with E-state index in [1.807, 2.05) is 48.2 Å². The quantitative estimate of drug-likeness (QED) is 0.779. The fraction of sp³-hybridized carbons (Fsp3) is 0.423. The summed E-state index contributed by atoms with van der Waals surface area (Å²) >= 11 is 0. The third kappa shape index (κ3) is 4.19. The Morgan fingerprint density at radius 3 is 2.42 bits per heavy atom. The standard InChI is InChI=1S/C26H30N4O3/c1-18-7-10-20(11-8-18)27-24(31)17-30-23-16-19(25(32)28-13-4-5-14-28)9-12-21(23)29-15-3-2-6-22(29)26(30)33/h7-12,16,22H,2-6,13-15,17H2,1H3,(H,27,31). The molecule has 0 saturated carbocycles. The van der Waals surface area contributed by atoms with E-state index < -0.39 is 0 Å². The van der Waals surface area contributed by atoms with Gasteiger partial charge in [0.1, 0.15) is 12.6 Å². The minimum atomic E-state index is -0.251. The van der Waals surface area contributed by atoms with Crippen LogP contribution in [0.25, 0.3) is 0 Å². The van der Waals surface area contributed by atoms with Crippen molar-refractivity contribution in [1.82, 2.24) is 4.90 Å².